The highest BCUT2D eigenvalue weighted by Crippen LogP contribution is 2.20. The van der Waals surface area contributed by atoms with Crippen molar-refractivity contribution < 1.29 is 14.0 Å². The first-order valence-electron chi connectivity index (χ1n) is 5.85. The van der Waals surface area contributed by atoms with Crippen LogP contribution in [0.25, 0.3) is 0 Å². The van der Waals surface area contributed by atoms with Gasteiger partial charge in [0.1, 0.15) is 5.82 Å². The maximum Gasteiger partial charge on any atom is 0.258 e. The van der Waals surface area contributed by atoms with E-state index >= 15 is 0 Å². The van der Waals surface area contributed by atoms with E-state index in [0.29, 0.717) is 11.3 Å². The van der Waals surface area contributed by atoms with Gasteiger partial charge >= 0.3 is 0 Å². The van der Waals surface area contributed by atoms with E-state index in [2.05, 4.69) is 21.2 Å². The Morgan fingerprint density at radius 3 is 2.55 bits per heavy atom. The fraction of sp³-hybridized carbons (Fsp3) is 0.0667. The van der Waals surface area contributed by atoms with E-state index in [-0.39, 0.29) is 15.8 Å². The van der Waals surface area contributed by atoms with Crippen molar-refractivity contribution >= 4 is 33.3 Å². The van der Waals surface area contributed by atoms with Crippen molar-refractivity contribution in [2.75, 3.05) is 5.32 Å². The van der Waals surface area contributed by atoms with Gasteiger partial charge in [-0.05, 0) is 47.1 Å². The summed E-state index contributed by atoms with van der Waals surface area (Å²) in [5.74, 6) is -1.29. The summed E-state index contributed by atoms with van der Waals surface area (Å²) in [7, 11) is 0. The second-order valence-corrected chi connectivity index (χ2v) is 5.05. The first kappa shape index (κ1) is 14.4. The Balaban J connectivity index is 2.26. The van der Waals surface area contributed by atoms with Crippen LogP contribution in [0.3, 0.4) is 0 Å². The number of hydrogen-bond donors (Lipinski definition) is 1. The van der Waals surface area contributed by atoms with Crippen LogP contribution in [0.4, 0.5) is 10.1 Å². The minimum Gasteiger partial charge on any atom is -0.322 e. The molecule has 5 heteroatoms. The average Bonchev–Trinajstić information content (AvgIpc) is 2.42. The molecule has 0 atom stereocenters. The lowest BCUT2D eigenvalue weighted by molar-refractivity contribution is 0.100. The quantitative estimate of drug-likeness (QED) is 0.860. The van der Waals surface area contributed by atoms with Gasteiger partial charge in [-0.15, -0.1) is 0 Å². The number of Topliss-reactive ketones (excluding diaryl/α,β-unsaturated/α-hetero) is 1. The average molecular weight is 336 g/mol. The van der Waals surface area contributed by atoms with Gasteiger partial charge in [-0.1, -0.05) is 18.2 Å². The third-order valence-corrected chi connectivity index (χ3v) is 3.34. The highest BCUT2D eigenvalue weighted by molar-refractivity contribution is 9.10. The molecule has 102 valence electrons. The number of ketones is 1. The number of anilines is 1. The lowest BCUT2D eigenvalue weighted by Gasteiger charge is -2.07. The summed E-state index contributed by atoms with van der Waals surface area (Å²) in [6, 6.07) is 11.0. The highest BCUT2D eigenvalue weighted by atomic mass is 79.9. The largest absolute Gasteiger partial charge is 0.322 e. The van der Waals surface area contributed by atoms with Crippen molar-refractivity contribution in [3.8, 4) is 0 Å². The zero-order valence-electron chi connectivity index (χ0n) is 10.6. The summed E-state index contributed by atoms with van der Waals surface area (Å²) in [4.78, 5) is 23.3. The Morgan fingerprint density at radius 1 is 1.15 bits per heavy atom. The summed E-state index contributed by atoms with van der Waals surface area (Å²) in [5.41, 5.74) is 0.868. The molecule has 1 amide bonds. The molecule has 20 heavy (non-hydrogen) atoms. The van der Waals surface area contributed by atoms with E-state index in [1.54, 1.807) is 30.3 Å². The SMILES string of the molecule is CC(=O)c1cccc(NC(=O)c2cccc(Br)c2F)c1. The molecule has 0 bridgehead atoms. The molecule has 2 aromatic rings. The van der Waals surface area contributed by atoms with Gasteiger partial charge in [0.25, 0.3) is 5.91 Å². The fourth-order valence-electron chi connectivity index (χ4n) is 1.69. The standard InChI is InChI=1S/C15H11BrFNO2/c1-9(19)10-4-2-5-11(8-10)18-15(20)12-6-3-7-13(16)14(12)17/h2-8H,1H3,(H,18,20). The molecular formula is C15H11BrFNO2. The monoisotopic (exact) mass is 335 g/mol. The van der Waals surface area contributed by atoms with Crippen molar-refractivity contribution in [1.29, 1.82) is 0 Å². The third kappa shape index (κ3) is 3.11. The van der Waals surface area contributed by atoms with E-state index in [1.807, 2.05) is 0 Å². The number of rotatable bonds is 3. The van der Waals surface area contributed by atoms with Gasteiger partial charge in [0, 0.05) is 11.3 Å². The van der Waals surface area contributed by atoms with Gasteiger partial charge in [-0.2, -0.15) is 0 Å². The van der Waals surface area contributed by atoms with E-state index in [0.717, 1.165) is 0 Å². The number of carbonyl (C=O) groups excluding carboxylic acids is 2. The topological polar surface area (TPSA) is 46.2 Å². The van der Waals surface area contributed by atoms with Gasteiger partial charge < -0.3 is 5.32 Å². The molecule has 0 fully saturated rings. The first-order valence-corrected chi connectivity index (χ1v) is 6.64. The van der Waals surface area contributed by atoms with Crippen LogP contribution >= 0.6 is 15.9 Å². The molecular weight excluding hydrogens is 325 g/mol. The van der Waals surface area contributed by atoms with Crippen LogP contribution in [0.1, 0.15) is 27.6 Å². The van der Waals surface area contributed by atoms with Crippen LogP contribution in [0, 0.1) is 5.82 Å². The molecule has 1 N–H and O–H groups in total. The molecule has 0 saturated carbocycles. The van der Waals surface area contributed by atoms with Gasteiger partial charge in [-0.3, -0.25) is 9.59 Å². The van der Waals surface area contributed by atoms with Gasteiger partial charge in [0.15, 0.2) is 5.78 Å². The summed E-state index contributed by atoms with van der Waals surface area (Å²) in [5, 5.41) is 2.57. The summed E-state index contributed by atoms with van der Waals surface area (Å²) < 4.78 is 14.0. The lowest BCUT2D eigenvalue weighted by Crippen LogP contribution is -2.14. The molecule has 3 nitrogen and oxygen atoms in total. The van der Waals surface area contributed by atoms with Crippen LogP contribution in [-0.2, 0) is 0 Å². The van der Waals surface area contributed by atoms with Crippen molar-refractivity contribution in [2.24, 2.45) is 0 Å². The Labute approximate surface area is 123 Å². The number of hydrogen-bond acceptors (Lipinski definition) is 2. The van der Waals surface area contributed by atoms with Gasteiger partial charge in [-0.25, -0.2) is 4.39 Å². The molecule has 0 aromatic heterocycles. The van der Waals surface area contributed by atoms with Gasteiger partial charge in [0.05, 0.1) is 10.0 Å². The molecule has 0 saturated heterocycles. The van der Waals surface area contributed by atoms with Crippen molar-refractivity contribution in [1.82, 2.24) is 0 Å². The van der Waals surface area contributed by atoms with E-state index in [4.69, 9.17) is 0 Å². The summed E-state index contributed by atoms with van der Waals surface area (Å²) in [6.07, 6.45) is 0. The molecule has 0 aliphatic rings. The maximum atomic E-state index is 13.8. The maximum absolute atomic E-state index is 13.8. The Hall–Kier alpha value is -2.01. The van der Waals surface area contributed by atoms with Crippen LogP contribution in [-0.4, -0.2) is 11.7 Å². The van der Waals surface area contributed by atoms with Crippen molar-refractivity contribution in [3.05, 3.63) is 63.9 Å². The zero-order chi connectivity index (χ0) is 14.7. The first-order chi connectivity index (χ1) is 9.49. The smallest absolute Gasteiger partial charge is 0.258 e. The summed E-state index contributed by atoms with van der Waals surface area (Å²) >= 11 is 3.03. The van der Waals surface area contributed by atoms with E-state index in [9.17, 15) is 14.0 Å². The van der Waals surface area contributed by atoms with E-state index in [1.165, 1.54) is 19.1 Å². The molecule has 0 aliphatic carbocycles. The number of nitrogens with one attached hydrogen (secondary N) is 1. The molecule has 0 radical (unpaired) electrons. The number of halogens is 2. The van der Waals surface area contributed by atoms with Crippen LogP contribution < -0.4 is 5.32 Å². The molecule has 0 heterocycles. The second kappa shape index (κ2) is 5.96. The molecule has 0 unspecified atom stereocenters. The van der Waals surface area contributed by atoms with Crippen molar-refractivity contribution in [3.63, 3.8) is 0 Å². The van der Waals surface area contributed by atoms with Crippen LogP contribution in [0.2, 0.25) is 0 Å². The lowest BCUT2D eigenvalue weighted by atomic mass is 10.1. The van der Waals surface area contributed by atoms with Crippen LogP contribution in [0.5, 0.6) is 0 Å². The number of amides is 1. The van der Waals surface area contributed by atoms with E-state index < -0.39 is 11.7 Å². The third-order valence-electron chi connectivity index (χ3n) is 2.72. The second-order valence-electron chi connectivity index (χ2n) is 4.19. The van der Waals surface area contributed by atoms with Gasteiger partial charge in [0.2, 0.25) is 0 Å². The molecule has 0 aliphatic heterocycles. The minimum atomic E-state index is -0.618. The number of carbonyl (C=O) groups is 2. The Bertz CT molecular complexity index is 685. The predicted octanol–water partition coefficient (Wildman–Crippen LogP) is 4.04. The Morgan fingerprint density at radius 2 is 1.85 bits per heavy atom. The summed E-state index contributed by atoms with van der Waals surface area (Å²) in [6.45, 7) is 1.44. The molecule has 2 aromatic carbocycles. The fourth-order valence-corrected chi connectivity index (χ4v) is 2.06. The number of benzene rings is 2. The Kier molecular flexibility index (Phi) is 4.29. The van der Waals surface area contributed by atoms with Crippen LogP contribution in [0.15, 0.2) is 46.9 Å². The minimum absolute atomic E-state index is 0.0624. The predicted molar refractivity (Wildman–Crippen MR) is 78.5 cm³/mol. The highest BCUT2D eigenvalue weighted by Gasteiger charge is 2.14. The van der Waals surface area contributed by atoms with Crippen molar-refractivity contribution in [2.45, 2.75) is 6.92 Å². The normalized spacial score (nSPS) is 10.2. The molecule has 0 spiro atoms. The molecule has 2 rings (SSSR count). The zero-order valence-corrected chi connectivity index (χ0v) is 12.2.